The van der Waals surface area contributed by atoms with Gasteiger partial charge in [0.2, 0.25) is 40.7 Å². The highest BCUT2D eigenvalue weighted by Crippen LogP contribution is 2.33. The Labute approximate surface area is 202 Å². The number of rotatable bonds is 6. The average molecular weight is 506 g/mol. The number of carbonyl (C=O) groups excluding carboxylic acids is 2. The summed E-state index contributed by atoms with van der Waals surface area (Å²) in [5, 5.41) is 2.57. The van der Waals surface area contributed by atoms with Crippen molar-refractivity contribution in [3.05, 3.63) is 89.2 Å². The first-order valence-electron chi connectivity index (χ1n) is 10.8. The fourth-order valence-corrected chi connectivity index (χ4v) is 3.72. The molecule has 0 spiro atoms. The summed E-state index contributed by atoms with van der Waals surface area (Å²) < 4.78 is 78.2. The summed E-state index contributed by atoms with van der Waals surface area (Å²) in [5.41, 5.74) is 0.905. The molecule has 36 heavy (non-hydrogen) atoms. The SMILES string of the molecule is O=C(Nc1cccc(Oc2c(F)c(F)c(F)c(F)c2F)c1)[C@@H]1CCCN1C(=O)OCc1ccccc1. The maximum atomic E-state index is 13.9. The number of likely N-dealkylation sites (tertiary alicyclic amines) is 1. The Bertz CT molecular complexity index is 1260. The molecule has 188 valence electrons. The number of amides is 2. The zero-order valence-corrected chi connectivity index (χ0v) is 18.6. The summed E-state index contributed by atoms with van der Waals surface area (Å²) in [6, 6.07) is 13.3. The third kappa shape index (κ3) is 5.24. The predicted octanol–water partition coefficient (Wildman–Crippen LogP) is 5.91. The Morgan fingerprint density at radius 1 is 0.889 bits per heavy atom. The first kappa shape index (κ1) is 25.0. The van der Waals surface area contributed by atoms with E-state index in [2.05, 4.69) is 5.32 Å². The van der Waals surface area contributed by atoms with Crippen LogP contribution >= 0.6 is 0 Å². The summed E-state index contributed by atoms with van der Waals surface area (Å²) >= 11 is 0. The standard InChI is InChI=1S/C25H19F5N2O4/c26-18-19(27)21(29)23(22(30)20(18)28)36-16-9-4-8-15(12-16)31-24(33)17-10-5-11-32(17)25(34)35-13-14-6-2-1-3-7-14/h1-4,6-9,12,17H,5,10-11,13H2,(H,31,33)/t17-/m0/s1. The maximum absolute atomic E-state index is 13.9. The quantitative estimate of drug-likeness (QED) is 0.256. The van der Waals surface area contributed by atoms with Crippen molar-refractivity contribution in [3.63, 3.8) is 0 Å². The lowest BCUT2D eigenvalue weighted by atomic mass is 10.2. The molecule has 0 radical (unpaired) electrons. The molecule has 3 aromatic carbocycles. The second-order valence-corrected chi connectivity index (χ2v) is 7.91. The van der Waals surface area contributed by atoms with Crippen molar-refractivity contribution < 1.29 is 41.0 Å². The third-order valence-electron chi connectivity index (χ3n) is 5.49. The van der Waals surface area contributed by atoms with Gasteiger partial charge in [0.15, 0.2) is 0 Å². The molecular formula is C25H19F5N2O4. The molecule has 3 aromatic rings. The third-order valence-corrected chi connectivity index (χ3v) is 5.49. The Hall–Kier alpha value is -4.15. The van der Waals surface area contributed by atoms with E-state index in [0.717, 1.165) is 11.6 Å². The first-order valence-corrected chi connectivity index (χ1v) is 10.8. The predicted molar refractivity (Wildman–Crippen MR) is 118 cm³/mol. The number of nitrogens with zero attached hydrogens (tertiary/aromatic N) is 1. The van der Waals surface area contributed by atoms with Crippen LogP contribution in [0, 0.1) is 29.1 Å². The van der Waals surface area contributed by atoms with E-state index in [4.69, 9.17) is 9.47 Å². The zero-order valence-electron chi connectivity index (χ0n) is 18.6. The van der Waals surface area contributed by atoms with E-state index < -0.39 is 52.9 Å². The summed E-state index contributed by atoms with van der Waals surface area (Å²) in [6.45, 7) is 0.358. The molecule has 0 bridgehead atoms. The van der Waals surface area contributed by atoms with E-state index in [-0.39, 0.29) is 18.0 Å². The lowest BCUT2D eigenvalue weighted by molar-refractivity contribution is -0.120. The molecule has 1 N–H and O–H groups in total. The Kier molecular flexibility index (Phi) is 7.37. The summed E-state index contributed by atoms with van der Waals surface area (Å²) in [5.74, 6) is -13.2. The van der Waals surface area contributed by atoms with Crippen LogP contribution in [0.15, 0.2) is 54.6 Å². The molecule has 1 atom stereocenters. The Balaban J connectivity index is 1.43. The fourth-order valence-electron chi connectivity index (χ4n) is 3.72. The highest BCUT2D eigenvalue weighted by atomic mass is 19.2. The van der Waals surface area contributed by atoms with Crippen molar-refractivity contribution in [1.29, 1.82) is 0 Å². The molecule has 0 unspecified atom stereocenters. The zero-order chi connectivity index (χ0) is 25.8. The van der Waals surface area contributed by atoms with Crippen molar-refractivity contribution >= 4 is 17.7 Å². The fraction of sp³-hybridized carbons (Fsp3) is 0.200. The van der Waals surface area contributed by atoms with E-state index in [1.165, 1.54) is 23.1 Å². The molecule has 1 heterocycles. The van der Waals surface area contributed by atoms with E-state index >= 15 is 0 Å². The highest BCUT2D eigenvalue weighted by Gasteiger charge is 2.35. The van der Waals surface area contributed by atoms with Crippen molar-refractivity contribution in [3.8, 4) is 11.5 Å². The lowest BCUT2D eigenvalue weighted by Gasteiger charge is -2.23. The van der Waals surface area contributed by atoms with Crippen LogP contribution in [-0.4, -0.2) is 29.5 Å². The molecular weight excluding hydrogens is 487 g/mol. The van der Waals surface area contributed by atoms with Crippen LogP contribution in [0.3, 0.4) is 0 Å². The number of anilines is 1. The normalized spacial score (nSPS) is 15.0. The van der Waals surface area contributed by atoms with Gasteiger partial charge in [-0.1, -0.05) is 36.4 Å². The van der Waals surface area contributed by atoms with E-state index in [0.29, 0.717) is 19.4 Å². The molecule has 6 nitrogen and oxygen atoms in total. The molecule has 0 saturated carbocycles. The summed E-state index contributed by atoms with van der Waals surface area (Å²) in [4.78, 5) is 26.7. The van der Waals surface area contributed by atoms with Gasteiger partial charge in [-0.05, 0) is 30.5 Å². The highest BCUT2D eigenvalue weighted by molar-refractivity contribution is 5.97. The minimum absolute atomic E-state index is 0.0432. The van der Waals surface area contributed by atoms with Gasteiger partial charge in [0.05, 0.1) is 0 Å². The number of halogens is 5. The van der Waals surface area contributed by atoms with Gasteiger partial charge in [0.1, 0.15) is 18.4 Å². The Morgan fingerprint density at radius 3 is 2.25 bits per heavy atom. The van der Waals surface area contributed by atoms with Crippen LogP contribution < -0.4 is 10.1 Å². The second kappa shape index (κ2) is 10.6. The lowest BCUT2D eigenvalue weighted by Crippen LogP contribution is -2.43. The van der Waals surface area contributed by atoms with Crippen molar-refractivity contribution in [1.82, 2.24) is 4.90 Å². The van der Waals surface area contributed by atoms with Crippen LogP contribution in [0.25, 0.3) is 0 Å². The topological polar surface area (TPSA) is 67.9 Å². The average Bonchev–Trinajstić information content (AvgIpc) is 3.39. The van der Waals surface area contributed by atoms with Gasteiger partial charge in [-0.3, -0.25) is 9.69 Å². The smallest absolute Gasteiger partial charge is 0.410 e. The van der Waals surface area contributed by atoms with Gasteiger partial charge in [0, 0.05) is 18.3 Å². The number of nitrogens with one attached hydrogen (secondary N) is 1. The maximum Gasteiger partial charge on any atom is 0.410 e. The molecule has 0 aliphatic carbocycles. The van der Waals surface area contributed by atoms with Crippen LogP contribution in [0.1, 0.15) is 18.4 Å². The van der Waals surface area contributed by atoms with Gasteiger partial charge in [-0.15, -0.1) is 0 Å². The summed E-state index contributed by atoms with van der Waals surface area (Å²) in [6.07, 6.45) is 0.300. The van der Waals surface area contributed by atoms with Crippen molar-refractivity contribution in [2.24, 2.45) is 0 Å². The molecule has 1 aliphatic heterocycles. The molecule has 11 heteroatoms. The molecule has 1 saturated heterocycles. The summed E-state index contributed by atoms with van der Waals surface area (Å²) in [7, 11) is 0. The monoisotopic (exact) mass is 506 g/mol. The van der Waals surface area contributed by atoms with E-state index in [9.17, 15) is 31.5 Å². The van der Waals surface area contributed by atoms with Crippen LogP contribution in [0.5, 0.6) is 11.5 Å². The molecule has 4 rings (SSSR count). The number of ether oxygens (including phenoxy) is 2. The number of benzene rings is 3. The molecule has 1 fully saturated rings. The van der Waals surface area contributed by atoms with Gasteiger partial charge in [0.25, 0.3) is 0 Å². The first-order chi connectivity index (χ1) is 17.3. The number of hydrogen-bond donors (Lipinski definition) is 1. The van der Waals surface area contributed by atoms with Gasteiger partial charge < -0.3 is 14.8 Å². The van der Waals surface area contributed by atoms with Gasteiger partial charge >= 0.3 is 6.09 Å². The van der Waals surface area contributed by atoms with Crippen LogP contribution in [0.4, 0.5) is 32.4 Å². The van der Waals surface area contributed by atoms with Crippen molar-refractivity contribution in [2.45, 2.75) is 25.5 Å². The van der Waals surface area contributed by atoms with Crippen LogP contribution in [-0.2, 0) is 16.1 Å². The number of hydrogen-bond acceptors (Lipinski definition) is 4. The molecule has 1 aliphatic rings. The van der Waals surface area contributed by atoms with Gasteiger partial charge in [-0.25, -0.2) is 18.0 Å². The van der Waals surface area contributed by atoms with Crippen LogP contribution in [0.2, 0.25) is 0 Å². The molecule has 2 amide bonds. The van der Waals surface area contributed by atoms with E-state index in [1.54, 1.807) is 24.3 Å². The number of carbonyl (C=O) groups is 2. The second-order valence-electron chi connectivity index (χ2n) is 7.91. The minimum Gasteiger partial charge on any atom is -0.451 e. The van der Waals surface area contributed by atoms with Gasteiger partial charge in [-0.2, -0.15) is 8.78 Å². The largest absolute Gasteiger partial charge is 0.451 e. The van der Waals surface area contributed by atoms with E-state index in [1.807, 2.05) is 6.07 Å². The Morgan fingerprint density at radius 2 is 1.56 bits per heavy atom. The minimum atomic E-state index is -2.30. The van der Waals surface area contributed by atoms with Crippen molar-refractivity contribution in [2.75, 3.05) is 11.9 Å². The molecule has 0 aromatic heterocycles.